The second-order valence-corrected chi connectivity index (χ2v) is 7.40. The number of anilines is 2. The van der Waals surface area contributed by atoms with E-state index in [1.54, 1.807) is 6.07 Å². The predicted octanol–water partition coefficient (Wildman–Crippen LogP) is 5.33. The van der Waals surface area contributed by atoms with Crippen molar-refractivity contribution in [3.63, 3.8) is 0 Å². The normalized spacial score (nSPS) is 10.7. The van der Waals surface area contributed by atoms with E-state index in [9.17, 15) is 9.59 Å². The lowest BCUT2D eigenvalue weighted by atomic mass is 10.0. The van der Waals surface area contributed by atoms with Crippen molar-refractivity contribution >= 4 is 23.2 Å². The van der Waals surface area contributed by atoms with E-state index >= 15 is 0 Å². The van der Waals surface area contributed by atoms with Gasteiger partial charge in [0, 0.05) is 23.1 Å². The van der Waals surface area contributed by atoms with E-state index < -0.39 is 0 Å². The Kier molecular flexibility index (Phi) is 6.07. The molecule has 2 amide bonds. The number of amides is 2. The average molecular weight is 387 g/mol. The van der Waals surface area contributed by atoms with Crippen LogP contribution in [0.3, 0.4) is 0 Å². The third-order valence-electron chi connectivity index (χ3n) is 4.73. The number of benzene rings is 2. The lowest BCUT2D eigenvalue weighted by molar-refractivity contribution is 0.102. The van der Waals surface area contributed by atoms with Crippen molar-refractivity contribution in [3.8, 4) is 0 Å². The molecule has 3 rings (SSSR count). The van der Waals surface area contributed by atoms with Crippen LogP contribution in [0.1, 0.15) is 57.3 Å². The summed E-state index contributed by atoms with van der Waals surface area (Å²) >= 11 is 0. The van der Waals surface area contributed by atoms with Crippen molar-refractivity contribution in [1.29, 1.82) is 0 Å². The van der Waals surface area contributed by atoms with Crippen LogP contribution in [0.25, 0.3) is 0 Å². The summed E-state index contributed by atoms with van der Waals surface area (Å²) in [6.07, 6.45) is 1.47. The first kappa shape index (κ1) is 20.3. The van der Waals surface area contributed by atoms with Gasteiger partial charge in [-0.25, -0.2) is 0 Å². The maximum Gasteiger partial charge on any atom is 0.274 e. The van der Waals surface area contributed by atoms with E-state index in [0.29, 0.717) is 5.56 Å². The number of aromatic nitrogens is 1. The lowest BCUT2D eigenvalue weighted by Crippen LogP contribution is -2.18. The Hall–Kier alpha value is -3.47. The van der Waals surface area contributed by atoms with Crippen molar-refractivity contribution in [2.75, 3.05) is 10.6 Å². The zero-order chi connectivity index (χ0) is 21.0. The third-order valence-corrected chi connectivity index (χ3v) is 4.73. The van der Waals surface area contributed by atoms with E-state index in [1.807, 2.05) is 56.3 Å². The molecule has 0 saturated carbocycles. The third kappa shape index (κ3) is 4.88. The minimum Gasteiger partial charge on any atom is -0.322 e. The smallest absolute Gasteiger partial charge is 0.274 e. The molecule has 2 aromatic carbocycles. The Morgan fingerprint density at radius 1 is 0.862 bits per heavy atom. The molecule has 0 unspecified atom stereocenters. The quantitative estimate of drug-likeness (QED) is 0.622. The Labute approximate surface area is 171 Å². The molecule has 3 aromatic rings. The maximum atomic E-state index is 12.7. The molecule has 0 saturated heterocycles. The summed E-state index contributed by atoms with van der Waals surface area (Å²) in [4.78, 5) is 29.5. The molecule has 0 aliphatic rings. The minimum atomic E-state index is -0.348. The first-order valence-corrected chi connectivity index (χ1v) is 9.60. The van der Waals surface area contributed by atoms with Gasteiger partial charge in [-0.1, -0.05) is 44.2 Å². The number of pyridine rings is 1. The van der Waals surface area contributed by atoms with Crippen LogP contribution < -0.4 is 10.6 Å². The zero-order valence-electron chi connectivity index (χ0n) is 17.1. The van der Waals surface area contributed by atoms with Gasteiger partial charge in [0.1, 0.15) is 5.69 Å². The largest absolute Gasteiger partial charge is 0.322 e. The van der Waals surface area contributed by atoms with E-state index in [0.717, 1.165) is 28.1 Å². The van der Waals surface area contributed by atoms with Crippen LogP contribution in [0, 0.1) is 13.8 Å². The average Bonchev–Trinajstić information content (AvgIpc) is 2.71. The van der Waals surface area contributed by atoms with Crippen LogP contribution in [-0.2, 0) is 0 Å². The molecule has 0 bridgehead atoms. The number of nitrogens with one attached hydrogen (secondary N) is 2. The molecule has 0 spiro atoms. The molecule has 29 heavy (non-hydrogen) atoms. The first-order chi connectivity index (χ1) is 13.8. The Balaban J connectivity index is 1.79. The van der Waals surface area contributed by atoms with Gasteiger partial charge >= 0.3 is 0 Å². The summed E-state index contributed by atoms with van der Waals surface area (Å²) in [5.41, 5.74) is 5.15. The van der Waals surface area contributed by atoms with E-state index in [2.05, 4.69) is 29.5 Å². The highest BCUT2D eigenvalue weighted by atomic mass is 16.2. The number of rotatable bonds is 5. The molecule has 5 heteroatoms. The van der Waals surface area contributed by atoms with Crippen LogP contribution in [0.4, 0.5) is 11.4 Å². The number of carbonyl (C=O) groups is 2. The molecule has 0 aliphatic heterocycles. The van der Waals surface area contributed by atoms with Crippen LogP contribution in [0.2, 0.25) is 0 Å². The molecule has 0 radical (unpaired) electrons. The second-order valence-electron chi connectivity index (χ2n) is 7.40. The number of carbonyl (C=O) groups excluding carboxylic acids is 2. The van der Waals surface area contributed by atoms with Gasteiger partial charge in [-0.2, -0.15) is 0 Å². The number of hydrogen-bond donors (Lipinski definition) is 2. The van der Waals surface area contributed by atoms with Gasteiger partial charge in [-0.15, -0.1) is 0 Å². The van der Waals surface area contributed by atoms with Crippen LogP contribution >= 0.6 is 0 Å². The number of para-hydroxylation sites is 1. The molecule has 0 aliphatic carbocycles. The summed E-state index contributed by atoms with van der Waals surface area (Å²) in [6.45, 7) is 8.05. The first-order valence-electron chi connectivity index (χ1n) is 9.60. The Morgan fingerprint density at radius 3 is 2.34 bits per heavy atom. The topological polar surface area (TPSA) is 71.1 Å². The summed E-state index contributed by atoms with van der Waals surface area (Å²) in [5.74, 6) is -0.355. The second kappa shape index (κ2) is 8.69. The fraction of sp³-hybridized carbons (Fsp3) is 0.208. The van der Waals surface area contributed by atoms with E-state index in [4.69, 9.17) is 0 Å². The van der Waals surface area contributed by atoms with Crippen LogP contribution in [0.5, 0.6) is 0 Å². The fourth-order valence-corrected chi connectivity index (χ4v) is 3.06. The Morgan fingerprint density at radius 2 is 1.59 bits per heavy atom. The summed E-state index contributed by atoms with van der Waals surface area (Å²) < 4.78 is 0. The van der Waals surface area contributed by atoms with Crippen molar-refractivity contribution in [2.45, 2.75) is 33.6 Å². The van der Waals surface area contributed by atoms with Crippen molar-refractivity contribution < 1.29 is 9.59 Å². The van der Waals surface area contributed by atoms with Crippen LogP contribution in [-0.4, -0.2) is 16.8 Å². The number of nitrogens with zero attached hydrogens (tertiary/aromatic N) is 1. The maximum absolute atomic E-state index is 12.7. The van der Waals surface area contributed by atoms with Crippen LogP contribution in [0.15, 0.2) is 60.8 Å². The number of aryl methyl sites for hydroxylation is 2. The van der Waals surface area contributed by atoms with Gasteiger partial charge in [0.25, 0.3) is 11.8 Å². The monoisotopic (exact) mass is 387 g/mol. The molecule has 1 aromatic heterocycles. The molecule has 1 heterocycles. The predicted molar refractivity (Wildman–Crippen MR) is 117 cm³/mol. The van der Waals surface area contributed by atoms with Gasteiger partial charge in [0.2, 0.25) is 0 Å². The SMILES string of the molecule is Cc1ccc(C)c(NC(=O)c2ccnc(C(=O)Nc3ccccc3C(C)C)c2)c1. The van der Waals surface area contributed by atoms with Gasteiger partial charge in [-0.3, -0.25) is 14.6 Å². The van der Waals surface area contributed by atoms with Crippen molar-refractivity contribution in [1.82, 2.24) is 4.98 Å². The molecule has 2 N–H and O–H groups in total. The van der Waals surface area contributed by atoms with Gasteiger partial charge < -0.3 is 10.6 Å². The molecule has 0 atom stereocenters. The summed E-state index contributed by atoms with van der Waals surface area (Å²) in [6, 6.07) is 16.7. The van der Waals surface area contributed by atoms with Crippen molar-refractivity contribution in [3.05, 3.63) is 88.7 Å². The van der Waals surface area contributed by atoms with Gasteiger partial charge in [-0.05, 0) is 60.7 Å². The van der Waals surface area contributed by atoms with Crippen molar-refractivity contribution in [2.24, 2.45) is 0 Å². The molecule has 0 fully saturated rings. The van der Waals surface area contributed by atoms with Gasteiger partial charge in [0.05, 0.1) is 0 Å². The van der Waals surface area contributed by atoms with E-state index in [1.165, 1.54) is 12.3 Å². The summed E-state index contributed by atoms with van der Waals surface area (Å²) in [7, 11) is 0. The molecular formula is C24H25N3O2. The van der Waals surface area contributed by atoms with E-state index in [-0.39, 0.29) is 23.4 Å². The molecule has 148 valence electrons. The van der Waals surface area contributed by atoms with Gasteiger partial charge in [0.15, 0.2) is 0 Å². The fourth-order valence-electron chi connectivity index (χ4n) is 3.06. The number of hydrogen-bond acceptors (Lipinski definition) is 3. The Bertz CT molecular complexity index is 1060. The highest BCUT2D eigenvalue weighted by molar-refractivity contribution is 6.08. The zero-order valence-corrected chi connectivity index (χ0v) is 17.1. The minimum absolute atomic E-state index is 0.192. The molecular weight excluding hydrogens is 362 g/mol. The highest BCUT2D eigenvalue weighted by Crippen LogP contribution is 2.24. The highest BCUT2D eigenvalue weighted by Gasteiger charge is 2.15. The summed E-state index contributed by atoms with van der Waals surface area (Å²) in [5, 5.41) is 5.82. The standard InChI is InChI=1S/C24H25N3O2/c1-15(2)19-7-5-6-8-20(19)26-24(29)22-14-18(11-12-25-22)23(28)27-21-13-16(3)9-10-17(21)4/h5-15H,1-4H3,(H,26,29)(H,27,28). The molecule has 5 nitrogen and oxygen atoms in total. The lowest BCUT2D eigenvalue weighted by Gasteiger charge is -2.13.